The number of nitrogens with zero attached hydrogens (tertiary/aromatic N) is 2. The Kier molecular flexibility index (Phi) is 5.77. The predicted molar refractivity (Wildman–Crippen MR) is 117 cm³/mol. The number of nitrogens with one attached hydrogen (secondary N) is 1. The van der Waals surface area contributed by atoms with E-state index in [1.807, 2.05) is 54.6 Å². The second-order valence-electron chi connectivity index (χ2n) is 6.73. The molecule has 8 heteroatoms. The molecule has 0 saturated heterocycles. The molecule has 0 fully saturated rings. The molecular formula is C23H16ClN3O4. The van der Waals surface area contributed by atoms with E-state index >= 15 is 0 Å². The molecule has 154 valence electrons. The molecule has 0 saturated carbocycles. The largest absolute Gasteiger partial charge is 0.356 e. The molecule has 3 aromatic carbocycles. The van der Waals surface area contributed by atoms with Gasteiger partial charge in [-0.15, -0.1) is 0 Å². The van der Waals surface area contributed by atoms with Crippen LogP contribution in [0.5, 0.6) is 0 Å². The zero-order valence-corrected chi connectivity index (χ0v) is 16.9. The average Bonchev–Trinajstić information content (AvgIpc) is 3.27. The number of aromatic nitrogens is 1. The summed E-state index contributed by atoms with van der Waals surface area (Å²) in [5.74, 6) is 0.0996. The molecule has 7 nitrogen and oxygen atoms in total. The van der Waals surface area contributed by atoms with Crippen LogP contribution in [0, 0.1) is 10.1 Å². The monoisotopic (exact) mass is 433 g/mol. The summed E-state index contributed by atoms with van der Waals surface area (Å²) < 4.78 is 5.39. The molecule has 1 heterocycles. The summed E-state index contributed by atoms with van der Waals surface area (Å²) in [6.07, 6.45) is 0. The van der Waals surface area contributed by atoms with Gasteiger partial charge in [0.2, 0.25) is 0 Å². The summed E-state index contributed by atoms with van der Waals surface area (Å²) in [7, 11) is 0. The van der Waals surface area contributed by atoms with Gasteiger partial charge in [0.15, 0.2) is 5.76 Å². The lowest BCUT2D eigenvalue weighted by Gasteiger charge is -2.03. The number of nitro groups is 1. The van der Waals surface area contributed by atoms with Gasteiger partial charge in [-0.2, -0.15) is 0 Å². The Morgan fingerprint density at radius 1 is 0.968 bits per heavy atom. The molecule has 31 heavy (non-hydrogen) atoms. The van der Waals surface area contributed by atoms with Crippen LogP contribution < -0.4 is 5.32 Å². The van der Waals surface area contributed by atoms with E-state index in [2.05, 4.69) is 10.5 Å². The number of carbonyl (C=O) groups is 1. The van der Waals surface area contributed by atoms with Crippen LogP contribution >= 0.6 is 11.6 Å². The highest BCUT2D eigenvalue weighted by molar-refractivity contribution is 6.32. The Bertz CT molecular complexity index is 1240. The van der Waals surface area contributed by atoms with Gasteiger partial charge >= 0.3 is 0 Å². The van der Waals surface area contributed by atoms with Gasteiger partial charge in [0, 0.05) is 23.3 Å². The molecule has 4 aromatic rings. The van der Waals surface area contributed by atoms with Crippen molar-refractivity contribution < 1.29 is 14.2 Å². The fourth-order valence-corrected chi connectivity index (χ4v) is 3.24. The number of hydrogen-bond acceptors (Lipinski definition) is 5. The second kappa shape index (κ2) is 8.81. The third-order valence-electron chi connectivity index (χ3n) is 4.67. The van der Waals surface area contributed by atoms with Gasteiger partial charge in [-0.25, -0.2) is 0 Å². The molecule has 0 radical (unpaired) electrons. The third-order valence-corrected chi connectivity index (χ3v) is 4.99. The van der Waals surface area contributed by atoms with Crippen molar-refractivity contribution in [3.05, 3.63) is 105 Å². The summed E-state index contributed by atoms with van der Waals surface area (Å²) in [4.78, 5) is 22.7. The van der Waals surface area contributed by atoms with Gasteiger partial charge in [0.05, 0.1) is 11.5 Å². The molecule has 1 amide bonds. The maximum Gasteiger partial charge on any atom is 0.288 e. The van der Waals surface area contributed by atoms with Crippen molar-refractivity contribution in [2.24, 2.45) is 0 Å². The number of hydrogen-bond donors (Lipinski definition) is 1. The van der Waals surface area contributed by atoms with E-state index in [9.17, 15) is 14.9 Å². The minimum atomic E-state index is -0.633. The lowest BCUT2D eigenvalue weighted by atomic mass is 10.0. The molecular weight excluding hydrogens is 418 g/mol. The van der Waals surface area contributed by atoms with Gasteiger partial charge in [-0.1, -0.05) is 71.4 Å². The van der Waals surface area contributed by atoms with Gasteiger partial charge in [-0.3, -0.25) is 14.9 Å². The molecule has 0 bridgehead atoms. The van der Waals surface area contributed by atoms with Crippen LogP contribution in [0.1, 0.15) is 16.1 Å². The molecule has 1 N–H and O–H groups in total. The van der Waals surface area contributed by atoms with Gasteiger partial charge in [0.25, 0.3) is 11.6 Å². The highest BCUT2D eigenvalue weighted by atomic mass is 35.5. The van der Waals surface area contributed by atoms with Crippen molar-refractivity contribution in [2.45, 2.75) is 6.54 Å². The Morgan fingerprint density at radius 3 is 2.35 bits per heavy atom. The molecule has 0 spiro atoms. The summed E-state index contributed by atoms with van der Waals surface area (Å²) in [5.41, 5.74) is 3.41. The van der Waals surface area contributed by atoms with Crippen LogP contribution in [-0.2, 0) is 6.54 Å². The molecule has 4 rings (SSSR count). The number of benzene rings is 3. The molecule has 0 aliphatic carbocycles. The molecule has 1 aromatic heterocycles. The van der Waals surface area contributed by atoms with E-state index in [0.29, 0.717) is 11.5 Å². The third kappa shape index (κ3) is 4.62. The van der Waals surface area contributed by atoms with Crippen LogP contribution in [0.3, 0.4) is 0 Å². The smallest absolute Gasteiger partial charge is 0.288 e. The first-order valence-corrected chi connectivity index (χ1v) is 9.72. The summed E-state index contributed by atoms with van der Waals surface area (Å²) in [5, 5.41) is 17.6. The maximum absolute atomic E-state index is 12.3. The van der Waals surface area contributed by atoms with Crippen LogP contribution in [0.15, 0.2) is 83.4 Å². The normalized spacial score (nSPS) is 10.6. The first-order valence-electron chi connectivity index (χ1n) is 9.35. The van der Waals surface area contributed by atoms with E-state index in [1.54, 1.807) is 6.07 Å². The van der Waals surface area contributed by atoms with Crippen molar-refractivity contribution in [3.8, 4) is 22.5 Å². The predicted octanol–water partition coefficient (Wildman–Crippen LogP) is 5.50. The van der Waals surface area contributed by atoms with Crippen molar-refractivity contribution in [1.29, 1.82) is 0 Å². The Balaban J connectivity index is 1.42. The highest BCUT2D eigenvalue weighted by Gasteiger charge is 2.16. The number of rotatable bonds is 6. The lowest BCUT2D eigenvalue weighted by molar-refractivity contribution is -0.384. The first-order chi connectivity index (χ1) is 15.0. The maximum atomic E-state index is 12.3. The minimum absolute atomic E-state index is 0.0269. The second-order valence-corrected chi connectivity index (χ2v) is 7.14. The van der Waals surface area contributed by atoms with E-state index in [0.717, 1.165) is 22.8 Å². The van der Waals surface area contributed by atoms with Gasteiger partial charge in [-0.05, 0) is 23.3 Å². The average molecular weight is 434 g/mol. The van der Waals surface area contributed by atoms with Crippen LogP contribution in [-0.4, -0.2) is 16.0 Å². The zero-order valence-electron chi connectivity index (χ0n) is 16.1. The van der Waals surface area contributed by atoms with E-state index in [4.69, 9.17) is 16.1 Å². The SMILES string of the molecule is O=C(NCc1cc(-c2ccc(-c3ccccc3)cc2)on1)c1ccc(Cl)c([N+](=O)[O-])c1. The standard InChI is InChI=1S/C23H16ClN3O4/c24-20-11-10-18(12-21(20)27(29)30)23(28)25-14-19-13-22(31-26-19)17-8-6-16(7-9-17)15-4-2-1-3-5-15/h1-13H,14H2,(H,25,28). The number of amides is 1. The lowest BCUT2D eigenvalue weighted by Crippen LogP contribution is -2.23. The van der Waals surface area contributed by atoms with Crippen molar-refractivity contribution in [2.75, 3.05) is 0 Å². The summed E-state index contributed by atoms with van der Waals surface area (Å²) in [6, 6.07) is 23.5. The van der Waals surface area contributed by atoms with Crippen molar-refractivity contribution in [1.82, 2.24) is 10.5 Å². The quantitative estimate of drug-likeness (QED) is 0.319. The zero-order chi connectivity index (χ0) is 21.8. The first kappa shape index (κ1) is 20.3. The number of halogens is 1. The highest BCUT2D eigenvalue weighted by Crippen LogP contribution is 2.26. The summed E-state index contributed by atoms with van der Waals surface area (Å²) in [6.45, 7) is 0.112. The molecule has 0 unspecified atom stereocenters. The van der Waals surface area contributed by atoms with Crippen LogP contribution in [0.25, 0.3) is 22.5 Å². The molecule has 0 atom stereocenters. The van der Waals surface area contributed by atoms with Gasteiger partial charge < -0.3 is 9.84 Å². The minimum Gasteiger partial charge on any atom is -0.356 e. The number of carbonyl (C=O) groups excluding carboxylic acids is 1. The number of nitro benzene ring substituents is 1. The van der Waals surface area contributed by atoms with E-state index in [-0.39, 0.29) is 22.8 Å². The van der Waals surface area contributed by atoms with Crippen molar-refractivity contribution in [3.63, 3.8) is 0 Å². The summed E-state index contributed by atoms with van der Waals surface area (Å²) >= 11 is 5.78. The van der Waals surface area contributed by atoms with E-state index in [1.165, 1.54) is 12.1 Å². The Labute approximate surface area is 182 Å². The fourth-order valence-electron chi connectivity index (χ4n) is 3.06. The Morgan fingerprint density at radius 2 is 1.65 bits per heavy atom. The van der Waals surface area contributed by atoms with Crippen molar-refractivity contribution >= 4 is 23.2 Å². The van der Waals surface area contributed by atoms with Gasteiger partial charge in [0.1, 0.15) is 10.7 Å². The van der Waals surface area contributed by atoms with Crippen LogP contribution in [0.2, 0.25) is 5.02 Å². The molecule has 0 aliphatic heterocycles. The fraction of sp³-hybridized carbons (Fsp3) is 0.0435. The van der Waals surface area contributed by atoms with Crippen LogP contribution in [0.4, 0.5) is 5.69 Å². The molecule has 0 aliphatic rings. The van der Waals surface area contributed by atoms with E-state index < -0.39 is 10.8 Å². The topological polar surface area (TPSA) is 98.3 Å². The Hall–Kier alpha value is -3.97.